The molecular weight excluding hydrogens is 212 g/mol. The highest BCUT2D eigenvalue weighted by Gasteiger charge is 2.04. The molecule has 0 rings (SSSR count). The van der Waals surface area contributed by atoms with Crippen LogP contribution in [0.2, 0.25) is 0 Å². The van der Waals surface area contributed by atoms with Crippen molar-refractivity contribution in [3.8, 4) is 0 Å². The zero-order valence-electron chi connectivity index (χ0n) is 8.61. The molecule has 0 aromatic rings. The zero-order chi connectivity index (χ0) is 9.23. The summed E-state index contributed by atoms with van der Waals surface area (Å²) in [6.07, 6.45) is 9.82. The Balaban J connectivity index is 3.26. The topological polar surface area (TPSA) is 0 Å². The van der Waals surface area contributed by atoms with Crippen LogP contribution in [0, 0.1) is 5.92 Å². The van der Waals surface area contributed by atoms with Crippen LogP contribution < -0.4 is 0 Å². The number of rotatable bonds is 8. The summed E-state index contributed by atoms with van der Waals surface area (Å²) in [6.45, 7) is 4.60. The van der Waals surface area contributed by atoms with Crippen molar-refractivity contribution >= 4 is 15.9 Å². The van der Waals surface area contributed by atoms with Crippen molar-refractivity contribution in [2.75, 3.05) is 5.33 Å². The van der Waals surface area contributed by atoms with Crippen LogP contribution in [0.1, 0.15) is 58.8 Å². The lowest BCUT2D eigenvalue weighted by Crippen LogP contribution is -1.99. The molecule has 0 spiro atoms. The summed E-state index contributed by atoms with van der Waals surface area (Å²) in [5.41, 5.74) is 0. The Kier molecular flexibility index (Phi) is 9.95. The molecule has 0 aliphatic carbocycles. The van der Waals surface area contributed by atoms with Gasteiger partial charge in [0.05, 0.1) is 0 Å². The average molecular weight is 235 g/mol. The van der Waals surface area contributed by atoms with E-state index in [2.05, 4.69) is 29.8 Å². The van der Waals surface area contributed by atoms with Crippen molar-refractivity contribution in [3.05, 3.63) is 0 Å². The van der Waals surface area contributed by atoms with E-state index in [0.29, 0.717) is 0 Å². The number of halogens is 1. The van der Waals surface area contributed by atoms with Crippen LogP contribution in [0.15, 0.2) is 0 Å². The van der Waals surface area contributed by atoms with Gasteiger partial charge in [-0.3, -0.25) is 0 Å². The molecule has 0 saturated carbocycles. The lowest BCUT2D eigenvalue weighted by molar-refractivity contribution is 0.414. The lowest BCUT2D eigenvalue weighted by atomic mass is 9.94. The second kappa shape index (κ2) is 9.57. The van der Waals surface area contributed by atoms with Crippen LogP contribution >= 0.6 is 15.9 Å². The quantitative estimate of drug-likeness (QED) is 0.420. The number of hydrogen-bond acceptors (Lipinski definition) is 0. The van der Waals surface area contributed by atoms with Gasteiger partial charge < -0.3 is 0 Å². The van der Waals surface area contributed by atoms with Crippen molar-refractivity contribution in [2.45, 2.75) is 58.8 Å². The molecule has 1 heteroatoms. The summed E-state index contributed by atoms with van der Waals surface area (Å²) in [7, 11) is 0. The maximum Gasteiger partial charge on any atom is 0.00314 e. The minimum Gasteiger partial charge on any atom is -0.0928 e. The first kappa shape index (κ1) is 12.5. The van der Waals surface area contributed by atoms with E-state index in [9.17, 15) is 0 Å². The van der Waals surface area contributed by atoms with Gasteiger partial charge in [-0.05, 0) is 18.8 Å². The third kappa shape index (κ3) is 7.15. The van der Waals surface area contributed by atoms with Crippen LogP contribution in [-0.2, 0) is 0 Å². The van der Waals surface area contributed by atoms with Crippen molar-refractivity contribution < 1.29 is 0 Å². The third-order valence-corrected chi connectivity index (χ3v) is 3.10. The van der Waals surface area contributed by atoms with Gasteiger partial charge in [0.15, 0.2) is 0 Å². The largest absolute Gasteiger partial charge is 0.0928 e. The van der Waals surface area contributed by atoms with Crippen molar-refractivity contribution in [1.29, 1.82) is 0 Å². The van der Waals surface area contributed by atoms with E-state index in [1.807, 2.05) is 0 Å². The van der Waals surface area contributed by atoms with E-state index < -0.39 is 0 Å². The van der Waals surface area contributed by atoms with Gasteiger partial charge in [-0.15, -0.1) is 0 Å². The predicted octanol–water partition coefficient (Wildman–Crippen LogP) is 4.77. The first-order valence-corrected chi connectivity index (χ1v) is 6.53. The fraction of sp³-hybridized carbons (Fsp3) is 1.00. The standard InChI is InChI=1S/C11H23Br/c1-3-5-6-8-11(4-2)9-7-10-12/h11H,3-10H2,1-2H3/t11-/m0/s1. The number of hydrogen-bond donors (Lipinski definition) is 0. The molecule has 0 saturated heterocycles. The van der Waals surface area contributed by atoms with Gasteiger partial charge in [0.2, 0.25) is 0 Å². The Bertz CT molecular complexity index is 81.1. The van der Waals surface area contributed by atoms with Gasteiger partial charge in [0, 0.05) is 5.33 Å². The Hall–Kier alpha value is 0.480. The Morgan fingerprint density at radius 2 is 1.67 bits per heavy atom. The Morgan fingerprint density at radius 3 is 2.17 bits per heavy atom. The minimum atomic E-state index is 0.995. The third-order valence-electron chi connectivity index (χ3n) is 2.54. The normalized spacial score (nSPS) is 13.2. The summed E-state index contributed by atoms with van der Waals surface area (Å²) >= 11 is 3.49. The SMILES string of the molecule is CCCCC[C@H](CC)CCCBr. The molecule has 0 aliphatic heterocycles. The van der Waals surface area contributed by atoms with Gasteiger partial charge in [0.25, 0.3) is 0 Å². The summed E-state index contributed by atoms with van der Waals surface area (Å²) in [4.78, 5) is 0. The van der Waals surface area contributed by atoms with Crippen LogP contribution in [0.3, 0.4) is 0 Å². The zero-order valence-corrected chi connectivity index (χ0v) is 10.2. The van der Waals surface area contributed by atoms with Gasteiger partial charge in [-0.1, -0.05) is 61.9 Å². The molecule has 0 bridgehead atoms. The Labute approximate surface area is 86.3 Å². The second-order valence-corrected chi connectivity index (χ2v) is 4.39. The maximum absolute atomic E-state index is 3.49. The molecule has 0 amide bonds. The molecule has 0 nitrogen and oxygen atoms in total. The number of unbranched alkanes of at least 4 members (excludes halogenated alkanes) is 2. The number of alkyl halides is 1. The first-order valence-electron chi connectivity index (χ1n) is 5.41. The molecule has 1 atom stereocenters. The van der Waals surface area contributed by atoms with Crippen LogP contribution in [-0.4, -0.2) is 5.33 Å². The van der Waals surface area contributed by atoms with E-state index in [1.54, 1.807) is 0 Å². The monoisotopic (exact) mass is 234 g/mol. The molecular formula is C11H23Br. The fourth-order valence-electron chi connectivity index (χ4n) is 1.60. The predicted molar refractivity (Wildman–Crippen MR) is 61.0 cm³/mol. The van der Waals surface area contributed by atoms with Gasteiger partial charge >= 0.3 is 0 Å². The molecule has 12 heavy (non-hydrogen) atoms. The van der Waals surface area contributed by atoms with E-state index >= 15 is 0 Å². The molecule has 0 radical (unpaired) electrons. The molecule has 74 valence electrons. The summed E-state index contributed by atoms with van der Waals surface area (Å²) < 4.78 is 0. The summed E-state index contributed by atoms with van der Waals surface area (Å²) in [5, 5.41) is 1.18. The highest BCUT2D eigenvalue weighted by Crippen LogP contribution is 2.19. The molecule has 0 fully saturated rings. The van der Waals surface area contributed by atoms with E-state index in [1.165, 1.54) is 50.3 Å². The highest BCUT2D eigenvalue weighted by atomic mass is 79.9. The molecule has 0 aliphatic rings. The van der Waals surface area contributed by atoms with Crippen molar-refractivity contribution in [1.82, 2.24) is 0 Å². The van der Waals surface area contributed by atoms with Crippen LogP contribution in [0.25, 0.3) is 0 Å². The minimum absolute atomic E-state index is 0.995. The fourth-order valence-corrected chi connectivity index (χ4v) is 1.93. The second-order valence-electron chi connectivity index (χ2n) is 3.60. The molecule has 0 N–H and O–H groups in total. The summed E-state index contributed by atoms with van der Waals surface area (Å²) in [6, 6.07) is 0. The molecule has 0 heterocycles. The van der Waals surface area contributed by atoms with E-state index in [0.717, 1.165) is 5.92 Å². The maximum atomic E-state index is 3.49. The van der Waals surface area contributed by atoms with Crippen LogP contribution in [0.5, 0.6) is 0 Å². The van der Waals surface area contributed by atoms with Gasteiger partial charge in [-0.2, -0.15) is 0 Å². The molecule has 0 aromatic carbocycles. The van der Waals surface area contributed by atoms with Crippen molar-refractivity contribution in [3.63, 3.8) is 0 Å². The van der Waals surface area contributed by atoms with E-state index in [-0.39, 0.29) is 0 Å². The highest BCUT2D eigenvalue weighted by molar-refractivity contribution is 9.09. The Morgan fingerprint density at radius 1 is 1.00 bits per heavy atom. The first-order chi connectivity index (χ1) is 5.85. The smallest absolute Gasteiger partial charge is 0.00314 e. The molecule has 0 unspecified atom stereocenters. The van der Waals surface area contributed by atoms with E-state index in [4.69, 9.17) is 0 Å². The van der Waals surface area contributed by atoms with Crippen LogP contribution in [0.4, 0.5) is 0 Å². The summed E-state index contributed by atoms with van der Waals surface area (Å²) in [5.74, 6) is 0.995. The lowest BCUT2D eigenvalue weighted by Gasteiger charge is -2.13. The molecule has 0 aromatic heterocycles. The van der Waals surface area contributed by atoms with Crippen molar-refractivity contribution in [2.24, 2.45) is 5.92 Å². The van der Waals surface area contributed by atoms with Gasteiger partial charge in [0.1, 0.15) is 0 Å². The average Bonchev–Trinajstić information content (AvgIpc) is 2.11. The van der Waals surface area contributed by atoms with Gasteiger partial charge in [-0.25, -0.2) is 0 Å².